The van der Waals surface area contributed by atoms with Crippen LogP contribution in [0.2, 0.25) is 4.34 Å². The number of amidine groups is 1. The van der Waals surface area contributed by atoms with Gasteiger partial charge in [-0.2, -0.15) is 0 Å². The minimum atomic E-state index is 0.273. The van der Waals surface area contributed by atoms with Gasteiger partial charge in [0.2, 0.25) is 0 Å². The average Bonchev–Trinajstić information content (AvgIpc) is 2.98. The summed E-state index contributed by atoms with van der Waals surface area (Å²) in [4.78, 5) is 3.70. The fourth-order valence-electron chi connectivity index (χ4n) is 1.73. The maximum Gasteiger partial charge on any atom is 0.0931 e. The zero-order chi connectivity index (χ0) is 11.5. The first-order valence-corrected chi connectivity index (χ1v) is 6.66. The number of nitrogens with one attached hydrogen (secondary N) is 1. The lowest BCUT2D eigenvalue weighted by Gasteiger charge is -2.20. The number of nitrogens with zero attached hydrogens (tertiary/aromatic N) is 1. The van der Waals surface area contributed by atoms with E-state index in [4.69, 9.17) is 22.7 Å². The van der Waals surface area contributed by atoms with Gasteiger partial charge in [-0.15, -0.1) is 11.3 Å². The molecular formula is C11H16ClN3S. The molecule has 1 aromatic rings. The molecule has 0 radical (unpaired) electrons. The van der Waals surface area contributed by atoms with Crippen molar-refractivity contribution in [1.29, 1.82) is 5.41 Å². The highest BCUT2D eigenvalue weighted by atomic mass is 35.5. The minimum Gasteiger partial charge on any atom is -0.388 e. The third-order valence-corrected chi connectivity index (χ3v) is 3.94. The summed E-state index contributed by atoms with van der Waals surface area (Å²) in [6.07, 6.45) is 3.21. The molecule has 1 aromatic heterocycles. The maximum atomic E-state index is 7.27. The van der Waals surface area contributed by atoms with Crippen LogP contribution < -0.4 is 5.73 Å². The van der Waals surface area contributed by atoms with E-state index in [-0.39, 0.29) is 5.84 Å². The summed E-state index contributed by atoms with van der Waals surface area (Å²) < 4.78 is 0.845. The van der Waals surface area contributed by atoms with E-state index in [0.717, 1.165) is 17.4 Å². The molecule has 1 fully saturated rings. The molecule has 1 aliphatic carbocycles. The van der Waals surface area contributed by atoms with Crippen LogP contribution in [0.25, 0.3) is 0 Å². The number of nitrogens with two attached hydrogens (primary N) is 1. The molecule has 0 unspecified atom stereocenters. The van der Waals surface area contributed by atoms with Gasteiger partial charge in [-0.05, 0) is 25.0 Å². The molecule has 88 valence electrons. The van der Waals surface area contributed by atoms with Gasteiger partial charge in [0.1, 0.15) is 0 Å². The van der Waals surface area contributed by atoms with Crippen molar-refractivity contribution in [2.24, 2.45) is 5.73 Å². The van der Waals surface area contributed by atoms with E-state index >= 15 is 0 Å². The Morgan fingerprint density at radius 2 is 2.31 bits per heavy atom. The van der Waals surface area contributed by atoms with Crippen molar-refractivity contribution in [3.8, 4) is 0 Å². The van der Waals surface area contributed by atoms with Crippen molar-refractivity contribution >= 4 is 28.8 Å². The van der Waals surface area contributed by atoms with Crippen molar-refractivity contribution in [3.63, 3.8) is 0 Å². The van der Waals surface area contributed by atoms with Gasteiger partial charge < -0.3 is 5.73 Å². The van der Waals surface area contributed by atoms with Crippen LogP contribution in [0.5, 0.6) is 0 Å². The first-order valence-electron chi connectivity index (χ1n) is 5.46. The van der Waals surface area contributed by atoms with Crippen LogP contribution in [-0.4, -0.2) is 23.3 Å². The van der Waals surface area contributed by atoms with Crippen LogP contribution in [0.15, 0.2) is 12.1 Å². The smallest absolute Gasteiger partial charge is 0.0931 e. The van der Waals surface area contributed by atoms with Gasteiger partial charge in [0.25, 0.3) is 0 Å². The standard InChI is InChI=1S/C11H16ClN3S/c12-10-4-3-9(16-10)7-15(8-1-2-8)6-5-11(13)14/h3-4,8H,1-2,5-7H2,(H3,13,14). The summed E-state index contributed by atoms with van der Waals surface area (Å²) in [5, 5.41) is 7.27. The molecule has 0 bridgehead atoms. The summed E-state index contributed by atoms with van der Waals surface area (Å²) in [6, 6.07) is 4.72. The summed E-state index contributed by atoms with van der Waals surface area (Å²) in [7, 11) is 0. The summed E-state index contributed by atoms with van der Waals surface area (Å²) in [5.74, 6) is 0.273. The lowest BCUT2D eigenvalue weighted by Crippen LogP contribution is -2.29. The van der Waals surface area contributed by atoms with Gasteiger partial charge in [0.05, 0.1) is 10.2 Å². The van der Waals surface area contributed by atoms with E-state index in [2.05, 4.69) is 11.0 Å². The second-order valence-corrected chi connectivity index (χ2v) is 5.98. The highest BCUT2D eigenvalue weighted by molar-refractivity contribution is 7.16. The largest absolute Gasteiger partial charge is 0.388 e. The first-order chi connectivity index (χ1) is 7.65. The van der Waals surface area contributed by atoms with Gasteiger partial charge in [-0.3, -0.25) is 10.3 Å². The lowest BCUT2D eigenvalue weighted by molar-refractivity contribution is 0.264. The van der Waals surface area contributed by atoms with Gasteiger partial charge in [0, 0.05) is 30.4 Å². The molecule has 5 heteroatoms. The Balaban J connectivity index is 1.89. The molecule has 3 N–H and O–H groups in total. The molecule has 1 heterocycles. The SMILES string of the molecule is N=C(N)CCN(Cc1ccc(Cl)s1)C1CC1. The number of rotatable bonds is 6. The zero-order valence-electron chi connectivity index (χ0n) is 9.08. The molecule has 0 spiro atoms. The van der Waals surface area contributed by atoms with Gasteiger partial charge in [-0.25, -0.2) is 0 Å². The van der Waals surface area contributed by atoms with E-state index in [1.807, 2.05) is 6.07 Å². The van der Waals surface area contributed by atoms with Gasteiger partial charge in [0.15, 0.2) is 0 Å². The molecule has 0 aliphatic heterocycles. The fraction of sp³-hybridized carbons (Fsp3) is 0.545. The summed E-state index contributed by atoms with van der Waals surface area (Å²) in [5.41, 5.74) is 5.40. The van der Waals surface area contributed by atoms with Gasteiger partial charge in [-0.1, -0.05) is 11.6 Å². The Morgan fingerprint density at radius 1 is 1.56 bits per heavy atom. The fourth-order valence-corrected chi connectivity index (χ4v) is 2.84. The Kier molecular flexibility index (Phi) is 3.84. The maximum absolute atomic E-state index is 7.27. The molecule has 2 rings (SSSR count). The third kappa shape index (κ3) is 3.47. The second kappa shape index (κ2) is 5.17. The van der Waals surface area contributed by atoms with Crippen LogP contribution in [0.1, 0.15) is 24.1 Å². The molecule has 0 amide bonds. The Hall–Kier alpha value is -0.580. The number of hydrogen-bond acceptors (Lipinski definition) is 3. The first kappa shape index (κ1) is 11.9. The molecule has 0 atom stereocenters. The monoisotopic (exact) mass is 257 g/mol. The van der Waals surface area contributed by atoms with Crippen molar-refractivity contribution in [2.75, 3.05) is 6.54 Å². The van der Waals surface area contributed by atoms with Crippen LogP contribution in [0, 0.1) is 5.41 Å². The lowest BCUT2D eigenvalue weighted by atomic mass is 10.3. The number of thiophene rings is 1. The summed E-state index contributed by atoms with van der Waals surface area (Å²) >= 11 is 7.55. The average molecular weight is 258 g/mol. The highest BCUT2D eigenvalue weighted by Gasteiger charge is 2.28. The molecule has 1 saturated carbocycles. The topological polar surface area (TPSA) is 53.1 Å². The quantitative estimate of drug-likeness (QED) is 0.608. The highest BCUT2D eigenvalue weighted by Crippen LogP contribution is 2.30. The predicted octanol–water partition coefficient (Wildman–Crippen LogP) is 2.69. The molecule has 16 heavy (non-hydrogen) atoms. The molecule has 3 nitrogen and oxygen atoms in total. The van der Waals surface area contributed by atoms with Crippen LogP contribution in [0.3, 0.4) is 0 Å². The zero-order valence-corrected chi connectivity index (χ0v) is 10.7. The Labute approximate surface area is 105 Å². The van der Waals surface area contributed by atoms with E-state index < -0.39 is 0 Å². The van der Waals surface area contributed by atoms with Crippen molar-refractivity contribution < 1.29 is 0 Å². The Bertz CT molecular complexity index is 373. The normalized spacial score (nSPS) is 15.6. The van der Waals surface area contributed by atoms with Gasteiger partial charge >= 0.3 is 0 Å². The predicted molar refractivity (Wildman–Crippen MR) is 69.3 cm³/mol. The molecule has 0 aromatic carbocycles. The Morgan fingerprint density at radius 3 is 2.81 bits per heavy atom. The summed E-state index contributed by atoms with van der Waals surface area (Å²) in [6.45, 7) is 1.82. The molecule has 0 saturated heterocycles. The third-order valence-electron chi connectivity index (χ3n) is 2.72. The van der Waals surface area contributed by atoms with Crippen LogP contribution in [0.4, 0.5) is 0 Å². The van der Waals surface area contributed by atoms with Crippen LogP contribution >= 0.6 is 22.9 Å². The van der Waals surface area contributed by atoms with E-state index in [1.165, 1.54) is 17.7 Å². The van der Waals surface area contributed by atoms with E-state index in [9.17, 15) is 0 Å². The number of hydrogen-bond donors (Lipinski definition) is 2. The molecular weight excluding hydrogens is 242 g/mol. The number of halogens is 1. The van der Waals surface area contributed by atoms with E-state index in [1.54, 1.807) is 11.3 Å². The van der Waals surface area contributed by atoms with E-state index in [0.29, 0.717) is 12.5 Å². The van der Waals surface area contributed by atoms with Crippen molar-refractivity contribution in [2.45, 2.75) is 31.8 Å². The molecule has 1 aliphatic rings. The van der Waals surface area contributed by atoms with Crippen molar-refractivity contribution in [3.05, 3.63) is 21.3 Å². The second-order valence-electron chi connectivity index (χ2n) is 4.18. The minimum absolute atomic E-state index is 0.273. The van der Waals surface area contributed by atoms with Crippen LogP contribution in [-0.2, 0) is 6.54 Å². The van der Waals surface area contributed by atoms with Crippen molar-refractivity contribution in [1.82, 2.24) is 4.90 Å².